The Hall–Kier alpha value is -1.72. The van der Waals surface area contributed by atoms with Gasteiger partial charge in [0.1, 0.15) is 0 Å². The molecule has 0 aliphatic carbocycles. The zero-order chi connectivity index (χ0) is 13.8. The fourth-order valence-corrected chi connectivity index (χ4v) is 2.09. The minimum absolute atomic E-state index is 0.310. The van der Waals surface area contributed by atoms with Gasteiger partial charge in [0, 0.05) is 20.7 Å². The van der Waals surface area contributed by atoms with Crippen LogP contribution in [0.1, 0.15) is 5.69 Å². The first kappa shape index (κ1) is 13.7. The van der Waals surface area contributed by atoms with Crippen molar-refractivity contribution in [3.8, 4) is 0 Å². The SMILES string of the molecule is COCC(O)CN(C)c1nc2ccccc2nc1C. The predicted molar refractivity (Wildman–Crippen MR) is 75.4 cm³/mol. The third-order valence-electron chi connectivity index (χ3n) is 2.93. The molecule has 1 unspecified atom stereocenters. The van der Waals surface area contributed by atoms with E-state index in [2.05, 4.69) is 9.97 Å². The average Bonchev–Trinajstić information content (AvgIpc) is 2.38. The van der Waals surface area contributed by atoms with E-state index in [9.17, 15) is 5.11 Å². The molecule has 0 fully saturated rings. The summed E-state index contributed by atoms with van der Waals surface area (Å²) in [6.07, 6.45) is -0.539. The van der Waals surface area contributed by atoms with Gasteiger partial charge in [-0.05, 0) is 19.1 Å². The molecular formula is C14H19N3O2. The molecule has 0 radical (unpaired) electrons. The molecule has 1 atom stereocenters. The van der Waals surface area contributed by atoms with Gasteiger partial charge in [0.05, 0.1) is 29.4 Å². The molecule has 5 heteroatoms. The first-order valence-electron chi connectivity index (χ1n) is 6.23. The van der Waals surface area contributed by atoms with Crippen LogP contribution in [0.4, 0.5) is 5.82 Å². The highest BCUT2D eigenvalue weighted by Gasteiger charge is 2.13. The molecule has 1 aromatic carbocycles. The van der Waals surface area contributed by atoms with E-state index in [0.717, 1.165) is 22.5 Å². The summed E-state index contributed by atoms with van der Waals surface area (Å²) in [5, 5.41) is 9.77. The number of likely N-dealkylation sites (N-methyl/N-ethyl adjacent to an activating group) is 1. The van der Waals surface area contributed by atoms with Crippen LogP contribution in [0, 0.1) is 6.92 Å². The molecule has 0 aliphatic heterocycles. The summed E-state index contributed by atoms with van der Waals surface area (Å²) in [6.45, 7) is 2.69. The fraction of sp³-hybridized carbons (Fsp3) is 0.429. The number of nitrogens with zero attached hydrogens (tertiary/aromatic N) is 3. The van der Waals surface area contributed by atoms with Crippen molar-refractivity contribution in [1.29, 1.82) is 0 Å². The number of aliphatic hydroxyl groups is 1. The van der Waals surface area contributed by atoms with Crippen molar-refractivity contribution in [2.24, 2.45) is 0 Å². The molecule has 0 aliphatic rings. The summed E-state index contributed by atoms with van der Waals surface area (Å²) in [5.41, 5.74) is 2.59. The van der Waals surface area contributed by atoms with Crippen LogP contribution in [0.2, 0.25) is 0 Å². The number of rotatable bonds is 5. The highest BCUT2D eigenvalue weighted by Crippen LogP contribution is 2.18. The second-order valence-corrected chi connectivity index (χ2v) is 4.61. The molecule has 1 heterocycles. The van der Waals surface area contributed by atoms with Crippen molar-refractivity contribution in [1.82, 2.24) is 9.97 Å². The monoisotopic (exact) mass is 261 g/mol. The average molecular weight is 261 g/mol. The molecule has 0 saturated carbocycles. The minimum atomic E-state index is -0.539. The molecule has 5 nitrogen and oxygen atoms in total. The number of hydrogen-bond acceptors (Lipinski definition) is 5. The third kappa shape index (κ3) is 3.19. The van der Waals surface area contributed by atoms with Crippen LogP contribution in [-0.4, -0.2) is 48.5 Å². The largest absolute Gasteiger partial charge is 0.389 e. The number of aliphatic hydroxyl groups excluding tert-OH is 1. The van der Waals surface area contributed by atoms with E-state index in [4.69, 9.17) is 4.74 Å². The van der Waals surface area contributed by atoms with E-state index < -0.39 is 6.10 Å². The topological polar surface area (TPSA) is 58.5 Å². The van der Waals surface area contributed by atoms with Gasteiger partial charge in [-0.25, -0.2) is 9.97 Å². The molecular weight excluding hydrogens is 242 g/mol. The Bertz CT molecular complexity index is 559. The number of aryl methyl sites for hydroxylation is 1. The number of methoxy groups -OCH3 is 1. The van der Waals surface area contributed by atoms with E-state index in [1.165, 1.54) is 0 Å². The van der Waals surface area contributed by atoms with Crippen LogP contribution in [0.3, 0.4) is 0 Å². The summed E-state index contributed by atoms with van der Waals surface area (Å²) in [4.78, 5) is 11.0. The fourth-order valence-electron chi connectivity index (χ4n) is 2.09. The summed E-state index contributed by atoms with van der Waals surface area (Å²) in [5.74, 6) is 0.786. The van der Waals surface area contributed by atoms with Crippen molar-refractivity contribution in [2.75, 3.05) is 32.2 Å². The van der Waals surface area contributed by atoms with Gasteiger partial charge in [0.25, 0.3) is 0 Å². The Morgan fingerprint density at radius 1 is 1.26 bits per heavy atom. The van der Waals surface area contributed by atoms with E-state index in [0.29, 0.717) is 13.2 Å². The smallest absolute Gasteiger partial charge is 0.150 e. The molecule has 2 rings (SSSR count). The van der Waals surface area contributed by atoms with E-state index in [-0.39, 0.29) is 0 Å². The number of ether oxygens (including phenoxy) is 1. The second kappa shape index (κ2) is 5.95. The van der Waals surface area contributed by atoms with Gasteiger partial charge < -0.3 is 14.7 Å². The molecule has 102 valence electrons. The van der Waals surface area contributed by atoms with Gasteiger partial charge in [0.15, 0.2) is 5.82 Å². The zero-order valence-electron chi connectivity index (χ0n) is 11.5. The lowest BCUT2D eigenvalue weighted by molar-refractivity contribution is 0.0694. The van der Waals surface area contributed by atoms with Gasteiger partial charge in [-0.2, -0.15) is 0 Å². The van der Waals surface area contributed by atoms with Gasteiger partial charge >= 0.3 is 0 Å². The van der Waals surface area contributed by atoms with E-state index >= 15 is 0 Å². The minimum Gasteiger partial charge on any atom is -0.389 e. The van der Waals surface area contributed by atoms with Crippen molar-refractivity contribution in [2.45, 2.75) is 13.0 Å². The van der Waals surface area contributed by atoms with Gasteiger partial charge in [-0.1, -0.05) is 12.1 Å². The number of fused-ring (bicyclic) bond motifs is 1. The van der Waals surface area contributed by atoms with Crippen LogP contribution >= 0.6 is 0 Å². The molecule has 2 aromatic rings. The molecule has 0 spiro atoms. The number of para-hydroxylation sites is 2. The van der Waals surface area contributed by atoms with Gasteiger partial charge in [-0.3, -0.25) is 0 Å². The van der Waals surface area contributed by atoms with Gasteiger partial charge in [0.2, 0.25) is 0 Å². The predicted octanol–water partition coefficient (Wildman–Crippen LogP) is 1.38. The Morgan fingerprint density at radius 3 is 2.53 bits per heavy atom. The normalized spacial score (nSPS) is 12.6. The summed E-state index contributed by atoms with van der Waals surface area (Å²) in [7, 11) is 3.47. The van der Waals surface area contributed by atoms with Gasteiger partial charge in [-0.15, -0.1) is 0 Å². The maximum atomic E-state index is 9.77. The Kier molecular flexibility index (Phi) is 4.29. The zero-order valence-corrected chi connectivity index (χ0v) is 11.5. The van der Waals surface area contributed by atoms with Crippen LogP contribution in [0.5, 0.6) is 0 Å². The summed E-state index contributed by atoms with van der Waals surface area (Å²) >= 11 is 0. The lowest BCUT2D eigenvalue weighted by atomic mass is 10.2. The highest BCUT2D eigenvalue weighted by atomic mass is 16.5. The number of benzene rings is 1. The van der Waals surface area contributed by atoms with Crippen molar-refractivity contribution >= 4 is 16.9 Å². The second-order valence-electron chi connectivity index (χ2n) is 4.61. The Morgan fingerprint density at radius 2 is 1.89 bits per heavy atom. The third-order valence-corrected chi connectivity index (χ3v) is 2.93. The Balaban J connectivity index is 2.26. The summed E-state index contributed by atoms with van der Waals surface area (Å²) in [6, 6.07) is 7.77. The van der Waals surface area contributed by atoms with Crippen molar-refractivity contribution in [3.05, 3.63) is 30.0 Å². The lowest BCUT2D eigenvalue weighted by Crippen LogP contribution is -2.33. The molecule has 1 N–H and O–H groups in total. The maximum absolute atomic E-state index is 9.77. The van der Waals surface area contributed by atoms with Crippen LogP contribution in [0.25, 0.3) is 11.0 Å². The molecule has 0 saturated heterocycles. The maximum Gasteiger partial charge on any atom is 0.150 e. The molecule has 1 aromatic heterocycles. The van der Waals surface area contributed by atoms with Crippen LogP contribution in [-0.2, 0) is 4.74 Å². The highest BCUT2D eigenvalue weighted by molar-refractivity contribution is 5.76. The number of anilines is 1. The van der Waals surface area contributed by atoms with E-state index in [1.54, 1.807) is 7.11 Å². The molecule has 0 amide bonds. The van der Waals surface area contributed by atoms with Crippen molar-refractivity contribution in [3.63, 3.8) is 0 Å². The molecule has 0 bridgehead atoms. The number of aromatic nitrogens is 2. The Labute approximate surface area is 112 Å². The summed E-state index contributed by atoms with van der Waals surface area (Å²) < 4.78 is 4.93. The van der Waals surface area contributed by atoms with Crippen LogP contribution in [0.15, 0.2) is 24.3 Å². The molecule has 19 heavy (non-hydrogen) atoms. The van der Waals surface area contributed by atoms with E-state index in [1.807, 2.05) is 43.1 Å². The standard InChI is InChI=1S/C14H19N3O2/c1-10-14(17(2)8-11(18)9-19-3)16-13-7-5-4-6-12(13)15-10/h4-7,11,18H,8-9H2,1-3H3. The quantitative estimate of drug-likeness (QED) is 0.881. The number of hydrogen-bond donors (Lipinski definition) is 1. The first-order chi connectivity index (χ1) is 9.11. The first-order valence-corrected chi connectivity index (χ1v) is 6.23. The lowest BCUT2D eigenvalue weighted by Gasteiger charge is -2.22. The van der Waals surface area contributed by atoms with Crippen LogP contribution < -0.4 is 4.90 Å². The van der Waals surface area contributed by atoms with Crippen molar-refractivity contribution < 1.29 is 9.84 Å².